The summed E-state index contributed by atoms with van der Waals surface area (Å²) in [4.78, 5) is 24.9. The number of esters is 1. The highest BCUT2D eigenvalue weighted by Gasteiger charge is 2.25. The first-order valence-corrected chi connectivity index (χ1v) is 8.53. The molecule has 2 rings (SSSR count). The zero-order valence-electron chi connectivity index (χ0n) is 15.1. The molecule has 1 aliphatic rings. The molecule has 0 unspecified atom stereocenters. The number of nitrogens with zero attached hydrogens (tertiary/aromatic N) is 2. The molecular formula is C17H24N2O7. The molecule has 0 saturated carbocycles. The molecule has 26 heavy (non-hydrogen) atoms. The molecule has 0 aliphatic carbocycles. The number of benzene rings is 1. The topological polar surface area (TPSA) is 100 Å². The van der Waals surface area contributed by atoms with E-state index in [4.69, 9.17) is 18.9 Å². The molecule has 0 spiro atoms. The summed E-state index contributed by atoms with van der Waals surface area (Å²) in [6, 6.07) is 2.49. The van der Waals surface area contributed by atoms with Crippen molar-refractivity contribution in [3.05, 3.63) is 27.8 Å². The molecule has 0 radical (unpaired) electrons. The highest BCUT2D eigenvalue weighted by atomic mass is 16.6. The third-order valence-corrected chi connectivity index (χ3v) is 3.95. The summed E-state index contributed by atoms with van der Waals surface area (Å²) in [7, 11) is 1.41. The van der Waals surface area contributed by atoms with Gasteiger partial charge >= 0.3 is 5.97 Å². The van der Waals surface area contributed by atoms with Gasteiger partial charge < -0.3 is 18.9 Å². The van der Waals surface area contributed by atoms with E-state index in [1.165, 1.54) is 19.2 Å². The Morgan fingerprint density at radius 3 is 2.65 bits per heavy atom. The van der Waals surface area contributed by atoms with Gasteiger partial charge in [-0.2, -0.15) is 0 Å². The monoisotopic (exact) mass is 368 g/mol. The quantitative estimate of drug-likeness (QED) is 0.282. The van der Waals surface area contributed by atoms with Gasteiger partial charge in [0, 0.05) is 25.7 Å². The fraction of sp³-hybridized carbons (Fsp3) is 0.588. The predicted octanol–water partition coefficient (Wildman–Crippen LogP) is 1.88. The number of ether oxygens (including phenoxy) is 4. The van der Waals surface area contributed by atoms with E-state index in [2.05, 4.69) is 4.90 Å². The highest BCUT2D eigenvalue weighted by Crippen LogP contribution is 2.35. The second kappa shape index (κ2) is 9.93. The van der Waals surface area contributed by atoms with Crippen molar-refractivity contribution in [1.82, 2.24) is 4.90 Å². The maximum Gasteiger partial charge on any atom is 0.345 e. The first kappa shape index (κ1) is 19.9. The zero-order chi connectivity index (χ0) is 18.9. The van der Waals surface area contributed by atoms with E-state index in [9.17, 15) is 14.9 Å². The van der Waals surface area contributed by atoms with Gasteiger partial charge in [-0.25, -0.2) is 4.79 Å². The van der Waals surface area contributed by atoms with Crippen LogP contribution in [0.1, 0.15) is 23.7 Å². The van der Waals surface area contributed by atoms with Crippen molar-refractivity contribution in [3.8, 4) is 11.5 Å². The van der Waals surface area contributed by atoms with E-state index in [0.29, 0.717) is 6.61 Å². The Labute approximate surface area is 151 Å². The Hall–Kier alpha value is -2.39. The standard InChI is InChI=1S/C17H24N2O7/c1-3-25-17(20)13-11-15(23-2)16(12-14(13)19(21)22)26-8-4-5-18-6-9-24-10-7-18/h11-12H,3-10H2,1-2H3. The van der Waals surface area contributed by atoms with Crippen LogP contribution < -0.4 is 9.47 Å². The van der Waals surface area contributed by atoms with E-state index in [0.717, 1.165) is 39.3 Å². The summed E-state index contributed by atoms with van der Waals surface area (Å²) >= 11 is 0. The van der Waals surface area contributed by atoms with Crippen molar-refractivity contribution >= 4 is 11.7 Å². The molecule has 1 aromatic rings. The first-order valence-electron chi connectivity index (χ1n) is 8.53. The number of rotatable bonds is 9. The van der Waals surface area contributed by atoms with Crippen LogP contribution in [0.15, 0.2) is 12.1 Å². The molecule has 1 fully saturated rings. The number of morpholine rings is 1. The molecule has 0 atom stereocenters. The smallest absolute Gasteiger partial charge is 0.345 e. The summed E-state index contributed by atoms with van der Waals surface area (Å²) in [5.41, 5.74) is -0.526. The van der Waals surface area contributed by atoms with E-state index in [-0.39, 0.29) is 29.4 Å². The second-order valence-electron chi connectivity index (χ2n) is 5.65. The Morgan fingerprint density at radius 1 is 1.31 bits per heavy atom. The van der Waals surface area contributed by atoms with E-state index >= 15 is 0 Å². The van der Waals surface area contributed by atoms with Crippen LogP contribution in [0, 0.1) is 10.1 Å². The van der Waals surface area contributed by atoms with Crippen molar-refractivity contribution in [2.24, 2.45) is 0 Å². The maximum atomic E-state index is 11.9. The third kappa shape index (κ3) is 5.30. The molecule has 144 valence electrons. The van der Waals surface area contributed by atoms with Crippen molar-refractivity contribution in [1.29, 1.82) is 0 Å². The van der Waals surface area contributed by atoms with Crippen LogP contribution in [0.2, 0.25) is 0 Å². The number of methoxy groups -OCH3 is 1. The molecular weight excluding hydrogens is 344 g/mol. The van der Waals surface area contributed by atoms with Crippen molar-refractivity contribution in [2.45, 2.75) is 13.3 Å². The minimum Gasteiger partial charge on any atom is -0.493 e. The molecule has 1 aromatic carbocycles. The summed E-state index contributed by atoms with van der Waals surface area (Å²) in [5, 5.41) is 11.3. The van der Waals surface area contributed by atoms with Crippen LogP contribution >= 0.6 is 0 Å². The lowest BCUT2D eigenvalue weighted by atomic mass is 10.1. The Bertz CT molecular complexity index is 630. The number of carbonyl (C=O) groups excluding carboxylic acids is 1. The minimum atomic E-state index is -0.767. The number of nitro benzene ring substituents is 1. The Kier molecular flexibility index (Phi) is 7.61. The number of carbonyl (C=O) groups is 1. The molecule has 0 bridgehead atoms. The van der Waals surface area contributed by atoms with Gasteiger partial charge in [0.2, 0.25) is 0 Å². The van der Waals surface area contributed by atoms with E-state index in [1.807, 2.05) is 0 Å². The lowest BCUT2D eigenvalue weighted by Gasteiger charge is -2.26. The van der Waals surface area contributed by atoms with Gasteiger partial charge in [-0.1, -0.05) is 0 Å². The molecule has 0 amide bonds. The van der Waals surface area contributed by atoms with Crippen LogP contribution in [-0.2, 0) is 9.47 Å². The molecule has 9 nitrogen and oxygen atoms in total. The van der Waals surface area contributed by atoms with Gasteiger partial charge in [0.25, 0.3) is 5.69 Å². The van der Waals surface area contributed by atoms with Gasteiger partial charge in [0.05, 0.1) is 44.5 Å². The van der Waals surface area contributed by atoms with Crippen LogP contribution in [0.25, 0.3) is 0 Å². The molecule has 0 N–H and O–H groups in total. The average molecular weight is 368 g/mol. The lowest BCUT2D eigenvalue weighted by molar-refractivity contribution is -0.385. The molecule has 1 aliphatic heterocycles. The summed E-state index contributed by atoms with van der Waals surface area (Å²) < 4.78 is 21.0. The van der Waals surface area contributed by atoms with Gasteiger partial charge in [0.1, 0.15) is 5.56 Å². The van der Waals surface area contributed by atoms with Crippen molar-refractivity contribution in [3.63, 3.8) is 0 Å². The highest BCUT2D eigenvalue weighted by molar-refractivity contribution is 5.95. The van der Waals surface area contributed by atoms with Crippen LogP contribution in [0.5, 0.6) is 11.5 Å². The molecule has 1 saturated heterocycles. The molecule has 1 heterocycles. The predicted molar refractivity (Wildman–Crippen MR) is 93.0 cm³/mol. The van der Waals surface area contributed by atoms with Gasteiger partial charge in [-0.15, -0.1) is 0 Å². The molecule has 0 aromatic heterocycles. The van der Waals surface area contributed by atoms with Gasteiger partial charge in [-0.3, -0.25) is 15.0 Å². The number of nitro groups is 1. The normalized spacial score (nSPS) is 14.7. The number of hydrogen-bond donors (Lipinski definition) is 0. The summed E-state index contributed by atoms with van der Waals surface area (Å²) in [5.74, 6) is -0.282. The van der Waals surface area contributed by atoms with Crippen molar-refractivity contribution < 1.29 is 28.7 Å². The minimum absolute atomic E-state index is 0.123. The zero-order valence-corrected chi connectivity index (χ0v) is 15.1. The van der Waals surface area contributed by atoms with E-state index in [1.54, 1.807) is 6.92 Å². The Morgan fingerprint density at radius 2 is 2.04 bits per heavy atom. The lowest BCUT2D eigenvalue weighted by Crippen LogP contribution is -2.37. The van der Waals surface area contributed by atoms with Crippen molar-refractivity contribution in [2.75, 3.05) is 53.2 Å². The van der Waals surface area contributed by atoms with Crippen LogP contribution in [0.3, 0.4) is 0 Å². The largest absolute Gasteiger partial charge is 0.493 e. The van der Waals surface area contributed by atoms with Gasteiger partial charge in [0.15, 0.2) is 11.5 Å². The maximum absolute atomic E-state index is 11.9. The number of hydrogen-bond acceptors (Lipinski definition) is 8. The molecule has 9 heteroatoms. The second-order valence-corrected chi connectivity index (χ2v) is 5.65. The summed E-state index contributed by atoms with van der Waals surface area (Å²) in [6.07, 6.45) is 0.760. The Balaban J connectivity index is 2.05. The third-order valence-electron chi connectivity index (χ3n) is 3.95. The fourth-order valence-electron chi connectivity index (χ4n) is 2.64. The first-order chi connectivity index (χ1) is 12.6. The SMILES string of the molecule is CCOC(=O)c1cc(OC)c(OCCCN2CCOCC2)cc1[N+](=O)[O-]. The fourth-order valence-corrected chi connectivity index (χ4v) is 2.64. The van der Waals surface area contributed by atoms with Crippen LogP contribution in [0.4, 0.5) is 5.69 Å². The average Bonchev–Trinajstić information content (AvgIpc) is 2.65. The summed E-state index contributed by atoms with van der Waals surface area (Å²) in [6.45, 7) is 6.24. The van der Waals surface area contributed by atoms with E-state index < -0.39 is 10.9 Å². The van der Waals surface area contributed by atoms with Gasteiger partial charge in [-0.05, 0) is 13.3 Å². The van der Waals surface area contributed by atoms with Crippen LogP contribution in [-0.4, -0.2) is 69.0 Å².